The van der Waals surface area contributed by atoms with Gasteiger partial charge < -0.3 is 15.5 Å². The molecule has 0 radical (unpaired) electrons. The van der Waals surface area contributed by atoms with E-state index in [0.29, 0.717) is 12.4 Å². The number of hydrazine groups is 1. The van der Waals surface area contributed by atoms with Gasteiger partial charge in [0.05, 0.1) is 6.61 Å². The van der Waals surface area contributed by atoms with E-state index >= 15 is 0 Å². The highest BCUT2D eigenvalue weighted by Crippen LogP contribution is 2.25. The summed E-state index contributed by atoms with van der Waals surface area (Å²) in [5.74, 6) is 7.64. The number of methoxy groups -OCH3 is 1. The second kappa shape index (κ2) is 7.01. The van der Waals surface area contributed by atoms with Crippen molar-refractivity contribution in [3.05, 3.63) is 41.2 Å². The van der Waals surface area contributed by atoms with E-state index in [-0.39, 0.29) is 0 Å². The van der Waals surface area contributed by atoms with Crippen molar-refractivity contribution in [3.63, 3.8) is 0 Å². The first kappa shape index (κ1) is 15.2. The molecule has 0 saturated carbocycles. The molecular formula is C15H21N5O. The standard InChI is InChI=1S/C15H21N5O/c1-4-13-18-14(10(2)15(19-13)20-16)17-12-8-6-5-7-11(12)9-21-3/h5-8H,4,9,16H2,1-3H3,(H2,17,18,19,20). The van der Waals surface area contributed by atoms with Crippen LogP contribution >= 0.6 is 0 Å². The number of nitrogen functional groups attached to an aromatic ring is 1. The van der Waals surface area contributed by atoms with Crippen LogP contribution < -0.4 is 16.6 Å². The van der Waals surface area contributed by atoms with Gasteiger partial charge in [-0.2, -0.15) is 0 Å². The lowest BCUT2D eigenvalue weighted by Crippen LogP contribution is -2.14. The van der Waals surface area contributed by atoms with Gasteiger partial charge in [0.2, 0.25) is 0 Å². The Bertz CT molecular complexity index is 615. The molecule has 0 aliphatic carbocycles. The lowest BCUT2D eigenvalue weighted by atomic mass is 10.2. The Morgan fingerprint density at radius 3 is 2.57 bits per heavy atom. The largest absolute Gasteiger partial charge is 0.380 e. The van der Waals surface area contributed by atoms with Crippen molar-refractivity contribution in [1.29, 1.82) is 0 Å². The molecule has 1 heterocycles. The SMILES string of the molecule is CCc1nc(NN)c(C)c(Nc2ccccc2COC)n1. The van der Waals surface area contributed by atoms with Crippen LogP contribution in [0.25, 0.3) is 0 Å². The molecule has 0 aliphatic heterocycles. The van der Waals surface area contributed by atoms with Crippen LogP contribution in [0.2, 0.25) is 0 Å². The van der Waals surface area contributed by atoms with E-state index < -0.39 is 0 Å². The molecule has 0 amide bonds. The van der Waals surface area contributed by atoms with Crippen molar-refractivity contribution in [2.24, 2.45) is 5.84 Å². The summed E-state index contributed by atoms with van der Waals surface area (Å²) in [7, 11) is 1.68. The highest BCUT2D eigenvalue weighted by Gasteiger charge is 2.11. The van der Waals surface area contributed by atoms with E-state index in [9.17, 15) is 0 Å². The summed E-state index contributed by atoms with van der Waals surface area (Å²) in [5.41, 5.74) is 5.53. The minimum Gasteiger partial charge on any atom is -0.380 e. The molecular weight excluding hydrogens is 266 g/mol. The molecule has 0 unspecified atom stereocenters. The van der Waals surface area contributed by atoms with E-state index in [0.717, 1.165) is 34.9 Å². The van der Waals surface area contributed by atoms with Gasteiger partial charge in [0.15, 0.2) is 0 Å². The van der Waals surface area contributed by atoms with Gasteiger partial charge in [-0.1, -0.05) is 25.1 Å². The molecule has 0 saturated heterocycles. The summed E-state index contributed by atoms with van der Waals surface area (Å²) in [5, 5.41) is 3.35. The number of hydrogen-bond acceptors (Lipinski definition) is 6. The van der Waals surface area contributed by atoms with E-state index in [1.807, 2.05) is 38.1 Å². The second-order valence-corrected chi connectivity index (χ2v) is 4.68. The van der Waals surface area contributed by atoms with Crippen molar-refractivity contribution in [2.45, 2.75) is 26.9 Å². The number of nitrogens with two attached hydrogens (primary N) is 1. The summed E-state index contributed by atoms with van der Waals surface area (Å²) in [6, 6.07) is 7.97. The van der Waals surface area contributed by atoms with E-state index in [1.54, 1.807) is 7.11 Å². The molecule has 1 aromatic carbocycles. The van der Waals surface area contributed by atoms with Crippen LogP contribution in [0.15, 0.2) is 24.3 Å². The van der Waals surface area contributed by atoms with Crippen molar-refractivity contribution in [1.82, 2.24) is 9.97 Å². The molecule has 1 aromatic heterocycles. The molecule has 0 bridgehead atoms. The van der Waals surface area contributed by atoms with Crippen LogP contribution in [-0.2, 0) is 17.8 Å². The smallest absolute Gasteiger partial charge is 0.148 e. The van der Waals surface area contributed by atoms with Gasteiger partial charge in [-0.3, -0.25) is 0 Å². The lowest BCUT2D eigenvalue weighted by Gasteiger charge is -2.15. The minimum atomic E-state index is 0.538. The third-order valence-electron chi connectivity index (χ3n) is 3.22. The molecule has 6 nitrogen and oxygen atoms in total. The van der Waals surface area contributed by atoms with Crippen LogP contribution in [0, 0.1) is 6.92 Å². The zero-order chi connectivity index (χ0) is 15.2. The molecule has 2 aromatic rings. The van der Waals surface area contributed by atoms with Crippen molar-refractivity contribution in [3.8, 4) is 0 Å². The van der Waals surface area contributed by atoms with Crippen molar-refractivity contribution < 1.29 is 4.74 Å². The first-order valence-corrected chi connectivity index (χ1v) is 6.87. The summed E-state index contributed by atoms with van der Waals surface area (Å²) in [6.45, 7) is 4.47. The number of ether oxygens (including phenoxy) is 1. The van der Waals surface area contributed by atoms with E-state index in [4.69, 9.17) is 10.6 Å². The lowest BCUT2D eigenvalue weighted by molar-refractivity contribution is 0.185. The second-order valence-electron chi connectivity index (χ2n) is 4.68. The summed E-state index contributed by atoms with van der Waals surface area (Å²) < 4.78 is 5.22. The monoisotopic (exact) mass is 287 g/mol. The number of nitrogens with one attached hydrogen (secondary N) is 2. The highest BCUT2D eigenvalue weighted by molar-refractivity contribution is 5.66. The van der Waals surface area contributed by atoms with Gasteiger partial charge in [-0.15, -0.1) is 0 Å². The topological polar surface area (TPSA) is 85.1 Å². The van der Waals surface area contributed by atoms with Crippen LogP contribution in [0.5, 0.6) is 0 Å². The minimum absolute atomic E-state index is 0.538. The van der Waals surface area contributed by atoms with Crippen LogP contribution in [0.3, 0.4) is 0 Å². The van der Waals surface area contributed by atoms with E-state index in [2.05, 4.69) is 20.7 Å². The maximum Gasteiger partial charge on any atom is 0.148 e. The number of rotatable bonds is 6. The third-order valence-corrected chi connectivity index (χ3v) is 3.22. The quantitative estimate of drug-likeness (QED) is 0.559. The van der Waals surface area contributed by atoms with E-state index in [1.165, 1.54) is 0 Å². The Morgan fingerprint density at radius 1 is 1.19 bits per heavy atom. The van der Waals surface area contributed by atoms with Crippen LogP contribution in [-0.4, -0.2) is 17.1 Å². The molecule has 0 aliphatic rings. The summed E-state index contributed by atoms with van der Waals surface area (Å²) in [4.78, 5) is 8.90. The average Bonchev–Trinajstić information content (AvgIpc) is 2.51. The Labute approximate surface area is 124 Å². The van der Waals surface area contributed by atoms with Crippen LogP contribution in [0.1, 0.15) is 23.9 Å². The van der Waals surface area contributed by atoms with Gasteiger partial charge >= 0.3 is 0 Å². The number of benzene rings is 1. The zero-order valence-electron chi connectivity index (χ0n) is 12.6. The molecule has 0 atom stereocenters. The Balaban J connectivity index is 2.39. The summed E-state index contributed by atoms with van der Waals surface area (Å²) in [6.07, 6.45) is 0.739. The highest BCUT2D eigenvalue weighted by atomic mass is 16.5. The fourth-order valence-electron chi connectivity index (χ4n) is 2.03. The zero-order valence-corrected chi connectivity index (χ0v) is 12.6. The predicted molar refractivity (Wildman–Crippen MR) is 84.4 cm³/mol. The number of nitrogens with zero attached hydrogens (tertiary/aromatic N) is 2. The predicted octanol–water partition coefficient (Wildman–Crippen LogP) is 2.52. The maximum atomic E-state index is 5.53. The van der Waals surface area contributed by atoms with Gasteiger partial charge in [-0.05, 0) is 13.0 Å². The summed E-state index contributed by atoms with van der Waals surface area (Å²) >= 11 is 0. The fourth-order valence-corrected chi connectivity index (χ4v) is 2.03. The molecule has 112 valence electrons. The molecule has 2 rings (SSSR count). The van der Waals surface area contributed by atoms with Gasteiger partial charge in [-0.25, -0.2) is 15.8 Å². The Hall–Kier alpha value is -2.18. The molecule has 0 spiro atoms. The number of hydrogen-bond donors (Lipinski definition) is 3. The number of anilines is 3. The maximum absolute atomic E-state index is 5.53. The number of para-hydroxylation sites is 1. The number of aryl methyl sites for hydroxylation is 1. The van der Waals surface area contributed by atoms with Crippen molar-refractivity contribution >= 4 is 17.3 Å². The van der Waals surface area contributed by atoms with Gasteiger partial charge in [0.1, 0.15) is 17.5 Å². The molecule has 4 N–H and O–H groups in total. The first-order chi connectivity index (χ1) is 10.2. The normalized spacial score (nSPS) is 10.5. The Morgan fingerprint density at radius 2 is 1.90 bits per heavy atom. The molecule has 6 heteroatoms. The molecule has 0 fully saturated rings. The van der Waals surface area contributed by atoms with Crippen molar-refractivity contribution in [2.75, 3.05) is 17.9 Å². The fraction of sp³-hybridized carbons (Fsp3) is 0.333. The number of aromatic nitrogens is 2. The average molecular weight is 287 g/mol. The van der Waals surface area contributed by atoms with Gasteiger partial charge in [0, 0.05) is 30.3 Å². The third kappa shape index (κ3) is 3.48. The van der Waals surface area contributed by atoms with Gasteiger partial charge in [0.25, 0.3) is 0 Å². The Kier molecular flexibility index (Phi) is 5.08. The van der Waals surface area contributed by atoms with Crippen LogP contribution in [0.4, 0.5) is 17.3 Å². The first-order valence-electron chi connectivity index (χ1n) is 6.87. The molecule has 21 heavy (non-hydrogen) atoms.